The summed E-state index contributed by atoms with van der Waals surface area (Å²) in [6, 6.07) is 0. The Morgan fingerprint density at radius 1 is 0.267 bits per heavy atom. The molecule has 0 radical (unpaired) electrons. The third kappa shape index (κ3) is 71.5. The average molecular weight is 1180 g/mol. The second-order valence-corrected chi connectivity index (χ2v) is 22.8. The topological polar surface area (TPSA) is 72.8 Å². The number of ether oxygens (including phenoxy) is 2. The van der Waals surface area contributed by atoms with Crippen LogP contribution in [-0.2, 0) is 19.1 Å². The van der Waals surface area contributed by atoms with Crippen LogP contribution in [0.1, 0.15) is 296 Å². The second kappa shape index (κ2) is 74.3. The molecule has 0 aliphatic rings. The molecule has 1 unspecified atom stereocenters. The van der Waals surface area contributed by atoms with Crippen molar-refractivity contribution in [2.75, 3.05) is 13.2 Å². The van der Waals surface area contributed by atoms with Gasteiger partial charge in [-0.2, -0.15) is 0 Å². The van der Waals surface area contributed by atoms with Crippen LogP contribution in [0, 0.1) is 0 Å². The summed E-state index contributed by atoms with van der Waals surface area (Å²) < 4.78 is 10.7. The minimum atomic E-state index is -0.808. The molecule has 0 aromatic rings. The molecule has 0 saturated heterocycles. The van der Waals surface area contributed by atoms with Crippen molar-refractivity contribution >= 4 is 11.9 Å². The van der Waals surface area contributed by atoms with Gasteiger partial charge in [-0.3, -0.25) is 9.59 Å². The van der Waals surface area contributed by atoms with Gasteiger partial charge in [0.1, 0.15) is 6.61 Å². The molecule has 0 bridgehead atoms. The monoisotopic (exact) mass is 1180 g/mol. The molecule has 0 aromatic carbocycles. The van der Waals surface area contributed by atoms with E-state index in [0.29, 0.717) is 19.3 Å². The fourth-order valence-electron chi connectivity index (χ4n) is 9.49. The summed E-state index contributed by atoms with van der Waals surface area (Å²) in [4.78, 5) is 24.6. The molecule has 5 heteroatoms. The molecular formula is C81H130O5. The van der Waals surface area contributed by atoms with Crippen molar-refractivity contribution in [3.8, 4) is 0 Å². The van der Waals surface area contributed by atoms with E-state index in [-0.39, 0.29) is 25.2 Å². The van der Waals surface area contributed by atoms with Gasteiger partial charge in [0.15, 0.2) is 6.10 Å². The lowest BCUT2D eigenvalue weighted by Gasteiger charge is -2.15. The highest BCUT2D eigenvalue weighted by atomic mass is 16.6. The Morgan fingerprint density at radius 3 is 0.721 bits per heavy atom. The Balaban J connectivity index is 3.56. The Morgan fingerprint density at radius 2 is 0.465 bits per heavy atom. The highest BCUT2D eigenvalue weighted by molar-refractivity contribution is 5.70. The van der Waals surface area contributed by atoms with E-state index in [1.807, 2.05) is 0 Å². The van der Waals surface area contributed by atoms with E-state index in [9.17, 15) is 14.7 Å². The number of carbonyl (C=O) groups excluding carboxylic acids is 2. The van der Waals surface area contributed by atoms with Crippen LogP contribution in [-0.4, -0.2) is 36.4 Å². The lowest BCUT2D eigenvalue weighted by atomic mass is 10.0. The summed E-state index contributed by atoms with van der Waals surface area (Å²) >= 11 is 0. The molecule has 0 saturated carbocycles. The number of hydrogen-bond acceptors (Lipinski definition) is 5. The first-order chi connectivity index (χ1) is 42.6. The molecule has 86 heavy (non-hydrogen) atoms. The summed E-state index contributed by atoms with van der Waals surface area (Å²) in [6.07, 6.45) is 116. The fraction of sp³-hybridized carbons (Fsp3) is 0.605. The SMILES string of the molecule is CC/C=C\C/C=C\C/C=C\C/C=C\C/C=C\C/C=C\C/C=C\C/C=C\C/C=C\C/C=C\CCCCC(=O)OC(CO)COC(=O)CCCCCCCCCCCCCCCCCCCCCCCCC/C=C\C/C=C\C/C=C\C/C=C\C/C=C\CC. The van der Waals surface area contributed by atoms with Crippen molar-refractivity contribution in [1.82, 2.24) is 0 Å². The van der Waals surface area contributed by atoms with Gasteiger partial charge < -0.3 is 14.6 Å². The number of carbonyl (C=O) groups is 2. The zero-order chi connectivity index (χ0) is 61.9. The Kier molecular flexibility index (Phi) is 69.9. The Labute approximate surface area is 531 Å². The molecule has 0 spiro atoms. The summed E-state index contributed by atoms with van der Waals surface area (Å²) in [5, 5.41) is 9.70. The molecule has 484 valence electrons. The van der Waals surface area contributed by atoms with Crippen molar-refractivity contribution < 1.29 is 24.2 Å². The van der Waals surface area contributed by atoms with Gasteiger partial charge in [-0.05, 0) is 135 Å². The number of aliphatic hydroxyl groups excluding tert-OH is 1. The van der Waals surface area contributed by atoms with Gasteiger partial charge in [-0.25, -0.2) is 0 Å². The van der Waals surface area contributed by atoms with Crippen molar-refractivity contribution in [2.24, 2.45) is 0 Å². The minimum absolute atomic E-state index is 0.0918. The summed E-state index contributed by atoms with van der Waals surface area (Å²) in [5.74, 6) is -0.644. The first-order valence-corrected chi connectivity index (χ1v) is 35.3. The maximum absolute atomic E-state index is 12.3. The maximum Gasteiger partial charge on any atom is 0.306 e. The van der Waals surface area contributed by atoms with Gasteiger partial charge in [-0.15, -0.1) is 0 Å². The number of rotatable bonds is 63. The van der Waals surface area contributed by atoms with E-state index in [4.69, 9.17) is 9.47 Å². The van der Waals surface area contributed by atoms with Crippen LogP contribution in [0.5, 0.6) is 0 Å². The lowest BCUT2D eigenvalue weighted by Crippen LogP contribution is -2.28. The first-order valence-electron chi connectivity index (χ1n) is 35.3. The second-order valence-electron chi connectivity index (χ2n) is 22.8. The van der Waals surface area contributed by atoms with Crippen molar-refractivity contribution in [3.63, 3.8) is 0 Å². The van der Waals surface area contributed by atoms with E-state index >= 15 is 0 Å². The molecule has 0 aromatic heterocycles. The van der Waals surface area contributed by atoms with E-state index in [1.165, 1.54) is 135 Å². The predicted octanol–water partition coefficient (Wildman–Crippen LogP) is 25.0. The molecule has 5 nitrogen and oxygen atoms in total. The number of esters is 2. The molecule has 1 atom stereocenters. The standard InChI is InChI=1S/C81H130O5/c1-3-5-7-9-11-13-15-17-19-21-23-25-27-29-31-33-35-37-38-39-40-41-42-44-45-47-49-51-53-55-57-59-61-63-65-67-69-71-73-75-80(83)85-78-79(77-82)86-81(84)76-74-72-70-68-66-64-62-60-58-56-54-52-50-48-46-43-36-34-32-30-28-26-24-22-20-18-16-14-12-10-8-6-4-2/h5-8,11-14,17-20,23-26,29-32,36,43,48,50,54,56,60,62,66,68,79,82H,3-4,9-10,15-16,21-22,27-28,33-35,37-42,44-47,49,51-53,55,57-59,61,63-65,67,69-78H2,1-2H3/b7-5-,8-6-,13-11-,14-12-,19-17-,20-18-,25-23-,26-24-,31-29-,32-30-,43-36-,50-48-,56-54-,62-60-,68-66-. The van der Waals surface area contributed by atoms with Gasteiger partial charge in [0.2, 0.25) is 0 Å². The number of allylic oxidation sites excluding steroid dienone is 30. The fourth-order valence-corrected chi connectivity index (χ4v) is 9.49. The molecule has 0 heterocycles. The third-order valence-corrected chi connectivity index (χ3v) is 14.7. The quantitative estimate of drug-likeness (QED) is 0.0373. The van der Waals surface area contributed by atoms with Crippen LogP contribution >= 0.6 is 0 Å². The Hall–Kier alpha value is -5.00. The normalized spacial score (nSPS) is 13.4. The maximum atomic E-state index is 12.3. The molecule has 0 aliphatic heterocycles. The summed E-state index contributed by atoms with van der Waals surface area (Å²) in [7, 11) is 0. The van der Waals surface area contributed by atoms with Crippen LogP contribution < -0.4 is 0 Å². The van der Waals surface area contributed by atoms with Crippen LogP contribution in [0.25, 0.3) is 0 Å². The smallest absolute Gasteiger partial charge is 0.306 e. The average Bonchev–Trinajstić information content (AvgIpc) is 3.55. The van der Waals surface area contributed by atoms with Crippen LogP contribution in [0.4, 0.5) is 0 Å². The van der Waals surface area contributed by atoms with Crippen LogP contribution in [0.3, 0.4) is 0 Å². The van der Waals surface area contributed by atoms with Crippen molar-refractivity contribution in [2.45, 2.75) is 302 Å². The van der Waals surface area contributed by atoms with E-state index in [1.54, 1.807) is 0 Å². The zero-order valence-electron chi connectivity index (χ0n) is 55.5. The van der Waals surface area contributed by atoms with E-state index in [0.717, 1.165) is 128 Å². The summed E-state index contributed by atoms with van der Waals surface area (Å²) in [5.41, 5.74) is 0. The first kappa shape index (κ1) is 81.0. The lowest BCUT2D eigenvalue weighted by molar-refractivity contribution is -0.161. The number of unbranched alkanes of at least 4 members (excludes halogenated alkanes) is 25. The van der Waals surface area contributed by atoms with Gasteiger partial charge in [0, 0.05) is 12.8 Å². The minimum Gasteiger partial charge on any atom is -0.462 e. The van der Waals surface area contributed by atoms with Gasteiger partial charge >= 0.3 is 11.9 Å². The van der Waals surface area contributed by atoms with Crippen LogP contribution in [0.2, 0.25) is 0 Å². The van der Waals surface area contributed by atoms with E-state index in [2.05, 4.69) is 196 Å². The predicted molar refractivity (Wildman–Crippen MR) is 380 cm³/mol. The van der Waals surface area contributed by atoms with Crippen LogP contribution in [0.15, 0.2) is 182 Å². The summed E-state index contributed by atoms with van der Waals surface area (Å²) in [6.45, 7) is 3.89. The van der Waals surface area contributed by atoms with Crippen molar-refractivity contribution in [3.05, 3.63) is 182 Å². The molecule has 0 fully saturated rings. The van der Waals surface area contributed by atoms with Gasteiger partial charge in [0.25, 0.3) is 0 Å². The third-order valence-electron chi connectivity index (χ3n) is 14.7. The van der Waals surface area contributed by atoms with Gasteiger partial charge in [-0.1, -0.05) is 331 Å². The molecule has 0 aliphatic carbocycles. The highest BCUT2D eigenvalue weighted by Gasteiger charge is 2.16. The number of aliphatic hydroxyl groups is 1. The van der Waals surface area contributed by atoms with Crippen molar-refractivity contribution in [1.29, 1.82) is 0 Å². The number of hydrogen-bond donors (Lipinski definition) is 1. The largest absolute Gasteiger partial charge is 0.462 e. The zero-order valence-corrected chi connectivity index (χ0v) is 55.5. The van der Waals surface area contributed by atoms with E-state index < -0.39 is 6.10 Å². The molecular weight excluding hydrogens is 1050 g/mol. The molecule has 1 N–H and O–H groups in total. The molecule has 0 rings (SSSR count). The van der Waals surface area contributed by atoms with Gasteiger partial charge in [0.05, 0.1) is 6.61 Å². The molecule has 0 amide bonds. The highest BCUT2D eigenvalue weighted by Crippen LogP contribution is 2.17. The Bertz CT molecular complexity index is 1920.